The number of cyclic esters (lactones) is 1. The van der Waals surface area contributed by atoms with Crippen LogP contribution in [0.3, 0.4) is 0 Å². The van der Waals surface area contributed by atoms with Crippen molar-refractivity contribution in [2.45, 2.75) is 185 Å². The van der Waals surface area contributed by atoms with E-state index in [1.165, 1.54) is 28.0 Å². The molecule has 0 aromatic carbocycles. The lowest BCUT2D eigenvalue weighted by atomic mass is 9.72. The Morgan fingerprint density at radius 3 is 2.18 bits per heavy atom. The molecule has 0 amide bonds. The van der Waals surface area contributed by atoms with Gasteiger partial charge in [0.1, 0.15) is 23.9 Å². The summed E-state index contributed by atoms with van der Waals surface area (Å²) in [5.41, 5.74) is 1.96. The first-order valence-corrected chi connectivity index (χ1v) is 18.5. The molecule has 0 saturated carbocycles. The number of methoxy groups -OCH3 is 1. The van der Waals surface area contributed by atoms with E-state index in [4.69, 9.17) is 38.3 Å². The molecular formula is C37H70N2O12. The van der Waals surface area contributed by atoms with Gasteiger partial charge in [0.2, 0.25) is 0 Å². The van der Waals surface area contributed by atoms with Crippen molar-refractivity contribution in [1.29, 1.82) is 0 Å². The molecule has 0 aromatic rings. The molecule has 3 saturated heterocycles. The van der Waals surface area contributed by atoms with Crippen LogP contribution in [0.25, 0.3) is 0 Å². The third-order valence-corrected chi connectivity index (χ3v) is 12.0. The number of aliphatic hydroxyl groups is 5. The largest absolute Gasteiger partial charge is 0.459 e. The molecule has 300 valence electrons. The van der Waals surface area contributed by atoms with Gasteiger partial charge in [-0.3, -0.25) is 4.79 Å². The van der Waals surface area contributed by atoms with Gasteiger partial charge < -0.3 is 64.6 Å². The van der Waals surface area contributed by atoms with Gasteiger partial charge in [-0.1, -0.05) is 27.7 Å². The summed E-state index contributed by atoms with van der Waals surface area (Å²) in [6.45, 7) is 14.0. The Morgan fingerprint density at radius 1 is 0.980 bits per heavy atom. The number of carbonyl (C=O) groups is 1. The van der Waals surface area contributed by atoms with Gasteiger partial charge in [-0.25, -0.2) is 0 Å². The number of hydrogen-bond acceptors (Lipinski definition) is 14. The Morgan fingerprint density at radius 2 is 1.61 bits per heavy atom. The summed E-state index contributed by atoms with van der Waals surface area (Å²) < 4.78 is 61.0. The number of esters is 1. The number of rotatable bonds is 7. The van der Waals surface area contributed by atoms with Crippen molar-refractivity contribution >= 4 is 5.97 Å². The quantitative estimate of drug-likeness (QED) is 0.206. The molecule has 0 radical (unpaired) electrons. The zero-order valence-electron chi connectivity index (χ0n) is 35.7. The lowest BCUT2D eigenvalue weighted by Crippen LogP contribution is -2.62. The number of nitrogens with two attached hydrogens (primary N) is 1. The van der Waals surface area contributed by atoms with E-state index in [0.717, 1.165) is 4.90 Å². The van der Waals surface area contributed by atoms with Crippen LogP contribution in [0.1, 0.15) is 99.0 Å². The van der Waals surface area contributed by atoms with Crippen molar-refractivity contribution in [3.8, 4) is 0 Å². The molecule has 14 nitrogen and oxygen atoms in total. The molecule has 14 heteroatoms. The average molecular weight is 738 g/mol. The molecule has 3 heterocycles. The number of likely N-dealkylation sites (N-methyl/N-ethyl adjacent to an activating group) is 1. The zero-order chi connectivity index (χ0) is 41.5. The first kappa shape index (κ1) is 39.7. The Labute approximate surface area is 309 Å². The summed E-state index contributed by atoms with van der Waals surface area (Å²) in [6, 6.07) is -1.66. The molecule has 0 aliphatic carbocycles. The third-order valence-electron chi connectivity index (χ3n) is 12.0. The molecule has 0 bridgehead atoms. The van der Waals surface area contributed by atoms with Crippen LogP contribution < -0.4 is 5.73 Å². The van der Waals surface area contributed by atoms with Crippen LogP contribution in [0.15, 0.2) is 0 Å². The molecule has 19 atom stereocenters. The summed E-state index contributed by atoms with van der Waals surface area (Å²) in [5.74, 6) is -3.98. The lowest BCUT2D eigenvalue weighted by Gasteiger charge is -2.49. The molecule has 7 N–H and O–H groups in total. The molecule has 10 unspecified atom stereocenters. The number of nitrogens with zero attached hydrogens (tertiary/aromatic N) is 1. The number of hydrogen-bond donors (Lipinski definition) is 6. The van der Waals surface area contributed by atoms with Gasteiger partial charge >= 0.3 is 5.97 Å². The minimum atomic E-state index is -2.53. The van der Waals surface area contributed by atoms with Crippen LogP contribution in [0, 0.1) is 23.7 Å². The summed E-state index contributed by atoms with van der Waals surface area (Å²) in [4.78, 5) is 15.3. The fourth-order valence-electron chi connectivity index (χ4n) is 8.50. The van der Waals surface area contributed by atoms with E-state index in [1.807, 2.05) is 6.92 Å². The molecule has 3 aliphatic heterocycles. The number of aliphatic hydroxyl groups excluding tert-OH is 3. The maximum Gasteiger partial charge on any atom is 0.311 e. The second-order valence-electron chi connectivity index (χ2n) is 16.4. The smallest absolute Gasteiger partial charge is 0.311 e. The highest BCUT2D eigenvalue weighted by Gasteiger charge is 2.53. The minimum Gasteiger partial charge on any atom is -0.459 e. The molecule has 0 aromatic heterocycles. The van der Waals surface area contributed by atoms with Gasteiger partial charge in [0.05, 0.1) is 47.6 Å². The standard InChI is InChI=1S/C37H70N2O12/c1-14-25-37(10,45)30(41)20(4)27(38)18(2)16-35(8,44)32(51-34-28(40)24(39(11)12)15-19(3)47-34)21(5)29(22(6)33(43)49-25)50-26-17-36(9,46-13)31(42)23(7)48-26/h18-32,34,40-42,44-45H,14-17,38H2,1-13H3/t18-,19?,20+,21+,22-,23?,24?,25?,26?,27+,28?,29?,30-,31?,32-,34?,35-,36?,37-/m1/s1/i11D3. The summed E-state index contributed by atoms with van der Waals surface area (Å²) in [6.07, 6.45) is -10.7. The zero-order valence-corrected chi connectivity index (χ0v) is 32.7. The first-order chi connectivity index (χ1) is 24.6. The third kappa shape index (κ3) is 9.63. The fourth-order valence-corrected chi connectivity index (χ4v) is 8.50. The van der Waals surface area contributed by atoms with Crippen molar-refractivity contribution in [1.82, 2.24) is 4.90 Å². The van der Waals surface area contributed by atoms with Crippen LogP contribution in [0.2, 0.25) is 0 Å². The van der Waals surface area contributed by atoms with Crippen molar-refractivity contribution < 1.29 is 62.9 Å². The second-order valence-corrected chi connectivity index (χ2v) is 16.4. The molecule has 3 rings (SSSR count). The highest BCUT2D eigenvalue weighted by Crippen LogP contribution is 2.41. The van der Waals surface area contributed by atoms with Crippen molar-refractivity contribution in [2.75, 3.05) is 21.1 Å². The predicted octanol–water partition coefficient (Wildman–Crippen LogP) is 1.54. The van der Waals surface area contributed by atoms with Gasteiger partial charge in [-0.2, -0.15) is 0 Å². The number of carbonyl (C=O) groups excluding carboxylic acids is 1. The van der Waals surface area contributed by atoms with E-state index in [9.17, 15) is 30.3 Å². The van der Waals surface area contributed by atoms with E-state index < -0.39 is 127 Å². The van der Waals surface area contributed by atoms with E-state index in [-0.39, 0.29) is 25.7 Å². The summed E-state index contributed by atoms with van der Waals surface area (Å²) >= 11 is 0. The Hall–Kier alpha value is -1.01. The van der Waals surface area contributed by atoms with Crippen LogP contribution in [0.5, 0.6) is 0 Å². The van der Waals surface area contributed by atoms with Crippen molar-refractivity contribution in [3.63, 3.8) is 0 Å². The van der Waals surface area contributed by atoms with Crippen molar-refractivity contribution in [3.05, 3.63) is 0 Å². The van der Waals surface area contributed by atoms with Crippen molar-refractivity contribution in [2.24, 2.45) is 29.4 Å². The van der Waals surface area contributed by atoms with Crippen LogP contribution in [0.4, 0.5) is 0 Å². The topological polar surface area (TPSA) is 203 Å². The minimum absolute atomic E-state index is 0.00694. The molecule has 3 aliphatic rings. The van der Waals surface area contributed by atoms with Gasteiger partial charge in [0.25, 0.3) is 0 Å². The average Bonchev–Trinajstić information content (AvgIpc) is 3.08. The predicted molar refractivity (Wildman–Crippen MR) is 189 cm³/mol. The molecule has 3 fully saturated rings. The highest BCUT2D eigenvalue weighted by atomic mass is 16.7. The van der Waals surface area contributed by atoms with Gasteiger partial charge in [-0.15, -0.1) is 0 Å². The SMILES string of the molecule is [2H]C([2H])([2H])N(C)C1CC(C)OC(O[C@@H]2[C@@H](C)C(OC3CC(C)(OC)C(O)C(C)O3)[C@@H](C)C(=O)OC(CC)[C@@](C)(O)[C@H](O)[C@@H](C)[C@@H](N)[C@H](C)C[C@@]2(C)O)C1O. The Bertz CT molecular complexity index is 1230. The van der Waals surface area contributed by atoms with Gasteiger partial charge in [-0.05, 0) is 80.7 Å². The van der Waals surface area contributed by atoms with Crippen LogP contribution in [-0.4, -0.2) is 148 Å². The summed E-state index contributed by atoms with van der Waals surface area (Å²) in [5, 5.41) is 58.2. The fraction of sp³-hybridized carbons (Fsp3) is 0.973. The second kappa shape index (κ2) is 17.2. The van der Waals surface area contributed by atoms with E-state index >= 15 is 0 Å². The molecule has 0 spiro atoms. The normalized spacial score (nSPS) is 52.3. The van der Waals surface area contributed by atoms with Crippen LogP contribution in [-0.2, 0) is 33.2 Å². The van der Waals surface area contributed by atoms with E-state index in [0.29, 0.717) is 0 Å². The molecule has 51 heavy (non-hydrogen) atoms. The lowest BCUT2D eigenvalue weighted by molar-refractivity contribution is -0.318. The highest BCUT2D eigenvalue weighted by molar-refractivity contribution is 5.73. The maximum absolute atomic E-state index is 14.2. The Balaban J connectivity index is 2.19. The van der Waals surface area contributed by atoms with Gasteiger partial charge in [0, 0.05) is 41.6 Å². The number of ether oxygens (including phenoxy) is 6. The van der Waals surface area contributed by atoms with E-state index in [2.05, 4.69) is 0 Å². The van der Waals surface area contributed by atoms with Gasteiger partial charge in [0.15, 0.2) is 12.6 Å². The first-order valence-electron chi connectivity index (χ1n) is 20.0. The monoisotopic (exact) mass is 738 g/mol. The molecular weight excluding hydrogens is 664 g/mol. The maximum atomic E-state index is 14.2. The summed E-state index contributed by atoms with van der Waals surface area (Å²) in [7, 11) is 2.86. The van der Waals surface area contributed by atoms with E-state index in [1.54, 1.807) is 48.5 Å². The van der Waals surface area contributed by atoms with Crippen LogP contribution >= 0.6 is 0 Å². The Kier molecular flexibility index (Phi) is 13.4.